The molecular weight excluding hydrogens is 209 g/mol. The van der Waals surface area contributed by atoms with Crippen LogP contribution in [0, 0.1) is 11.3 Å². The van der Waals surface area contributed by atoms with Gasteiger partial charge in [0.05, 0.1) is 11.6 Å². The summed E-state index contributed by atoms with van der Waals surface area (Å²) in [6.45, 7) is 0. The molecule has 0 aliphatic carbocycles. The molecule has 0 heterocycles. The standard InChI is InChI=1S/C8H5F3N4/c9-8(10,11)7-5(4-12)2-1-3-6(7)14-15-13/h1-3H,(H2,13,14). The molecule has 78 valence electrons. The summed E-state index contributed by atoms with van der Waals surface area (Å²) in [4.78, 5) is 0. The highest BCUT2D eigenvalue weighted by Gasteiger charge is 2.36. The highest BCUT2D eigenvalue weighted by molar-refractivity contribution is 5.55. The number of hydrogen-bond acceptors (Lipinski definition) is 3. The van der Waals surface area contributed by atoms with Gasteiger partial charge in [0.15, 0.2) is 0 Å². The maximum Gasteiger partial charge on any atom is 0.419 e. The van der Waals surface area contributed by atoms with Crippen molar-refractivity contribution in [2.24, 2.45) is 16.2 Å². The largest absolute Gasteiger partial charge is 0.419 e. The van der Waals surface area contributed by atoms with Crippen LogP contribution in [0.5, 0.6) is 0 Å². The first kappa shape index (κ1) is 11.0. The Kier molecular flexibility index (Phi) is 2.90. The van der Waals surface area contributed by atoms with Crippen molar-refractivity contribution >= 4 is 5.69 Å². The first-order valence-electron chi connectivity index (χ1n) is 3.72. The summed E-state index contributed by atoms with van der Waals surface area (Å²) in [6.07, 6.45) is -4.66. The minimum absolute atomic E-state index is 0.468. The SMILES string of the molecule is N#Cc1cccc(N=NN)c1C(F)(F)F. The maximum atomic E-state index is 12.5. The second-order valence-electron chi connectivity index (χ2n) is 2.52. The predicted molar refractivity (Wildman–Crippen MR) is 44.9 cm³/mol. The highest BCUT2D eigenvalue weighted by Crippen LogP contribution is 2.38. The second kappa shape index (κ2) is 3.96. The van der Waals surface area contributed by atoms with Crippen LogP contribution in [0.1, 0.15) is 11.1 Å². The molecule has 1 aromatic rings. The lowest BCUT2D eigenvalue weighted by molar-refractivity contribution is -0.137. The fraction of sp³-hybridized carbons (Fsp3) is 0.125. The number of nitriles is 1. The van der Waals surface area contributed by atoms with Gasteiger partial charge in [-0.25, -0.2) is 0 Å². The third-order valence-corrected chi connectivity index (χ3v) is 1.61. The lowest BCUT2D eigenvalue weighted by Gasteiger charge is -2.10. The molecule has 7 heteroatoms. The molecule has 1 rings (SSSR count). The van der Waals surface area contributed by atoms with Crippen LogP contribution in [0.4, 0.5) is 18.9 Å². The molecule has 0 saturated carbocycles. The monoisotopic (exact) mass is 214 g/mol. The third kappa shape index (κ3) is 2.22. The van der Waals surface area contributed by atoms with Crippen LogP contribution in [0.25, 0.3) is 0 Å². The van der Waals surface area contributed by atoms with Crippen LogP contribution >= 0.6 is 0 Å². The molecule has 1 aromatic carbocycles. The molecule has 4 nitrogen and oxygen atoms in total. The van der Waals surface area contributed by atoms with E-state index in [1.165, 1.54) is 12.1 Å². The maximum absolute atomic E-state index is 12.5. The van der Waals surface area contributed by atoms with Gasteiger partial charge in [-0.3, -0.25) is 0 Å². The van der Waals surface area contributed by atoms with Gasteiger partial charge >= 0.3 is 6.18 Å². The van der Waals surface area contributed by atoms with Crippen molar-refractivity contribution in [1.29, 1.82) is 5.26 Å². The van der Waals surface area contributed by atoms with Gasteiger partial charge in [0, 0.05) is 0 Å². The Hall–Kier alpha value is -2.10. The number of nitrogens with two attached hydrogens (primary N) is 1. The fourth-order valence-electron chi connectivity index (χ4n) is 1.08. The van der Waals surface area contributed by atoms with Gasteiger partial charge in [-0.05, 0) is 12.1 Å². The van der Waals surface area contributed by atoms with E-state index in [-0.39, 0.29) is 0 Å². The van der Waals surface area contributed by atoms with E-state index in [2.05, 4.69) is 16.2 Å². The molecule has 0 spiro atoms. The Morgan fingerprint density at radius 2 is 2.00 bits per heavy atom. The lowest BCUT2D eigenvalue weighted by atomic mass is 10.1. The van der Waals surface area contributed by atoms with Crippen LogP contribution in [-0.4, -0.2) is 0 Å². The smallest absolute Gasteiger partial charge is 0.305 e. The second-order valence-corrected chi connectivity index (χ2v) is 2.52. The Morgan fingerprint density at radius 1 is 1.33 bits per heavy atom. The molecule has 0 unspecified atom stereocenters. The minimum atomic E-state index is -4.66. The Balaban J connectivity index is 3.49. The van der Waals surface area contributed by atoms with E-state index in [1.54, 1.807) is 0 Å². The first-order chi connectivity index (χ1) is 7.00. The van der Waals surface area contributed by atoms with E-state index >= 15 is 0 Å². The molecule has 2 N–H and O–H groups in total. The van der Waals surface area contributed by atoms with Crippen molar-refractivity contribution in [3.63, 3.8) is 0 Å². The molecule has 0 aliphatic rings. The van der Waals surface area contributed by atoms with Crippen LogP contribution in [-0.2, 0) is 6.18 Å². The summed E-state index contributed by atoms with van der Waals surface area (Å²) in [7, 11) is 0. The number of rotatable bonds is 1. The average molecular weight is 214 g/mol. The summed E-state index contributed by atoms with van der Waals surface area (Å²) in [5, 5.41) is 14.4. The average Bonchev–Trinajstić information content (AvgIpc) is 2.16. The van der Waals surface area contributed by atoms with Crippen molar-refractivity contribution in [1.82, 2.24) is 0 Å². The summed E-state index contributed by atoms with van der Waals surface area (Å²) >= 11 is 0. The Bertz CT molecular complexity index is 430. The van der Waals surface area contributed by atoms with E-state index in [1.807, 2.05) is 0 Å². The van der Waals surface area contributed by atoms with Crippen molar-refractivity contribution in [3.05, 3.63) is 29.3 Å². The van der Waals surface area contributed by atoms with Gasteiger partial charge in [0.2, 0.25) is 0 Å². The zero-order valence-corrected chi connectivity index (χ0v) is 7.28. The molecule has 0 amide bonds. The molecule has 0 fully saturated rings. The van der Waals surface area contributed by atoms with Gasteiger partial charge in [0.25, 0.3) is 0 Å². The predicted octanol–water partition coefficient (Wildman–Crippen LogP) is 2.53. The van der Waals surface area contributed by atoms with Crippen molar-refractivity contribution in [3.8, 4) is 6.07 Å². The fourth-order valence-corrected chi connectivity index (χ4v) is 1.08. The van der Waals surface area contributed by atoms with Crippen LogP contribution in [0.3, 0.4) is 0 Å². The van der Waals surface area contributed by atoms with E-state index in [9.17, 15) is 13.2 Å². The number of halogens is 3. The van der Waals surface area contributed by atoms with E-state index in [0.29, 0.717) is 0 Å². The molecule has 0 aliphatic heterocycles. The van der Waals surface area contributed by atoms with Crippen molar-refractivity contribution < 1.29 is 13.2 Å². The minimum Gasteiger partial charge on any atom is -0.305 e. The molecule has 15 heavy (non-hydrogen) atoms. The van der Waals surface area contributed by atoms with Crippen molar-refractivity contribution in [2.75, 3.05) is 0 Å². The summed E-state index contributed by atoms with van der Waals surface area (Å²) < 4.78 is 37.6. The number of nitrogens with zero attached hydrogens (tertiary/aromatic N) is 3. The van der Waals surface area contributed by atoms with E-state index in [4.69, 9.17) is 5.26 Å². The normalized spacial score (nSPS) is 11.6. The van der Waals surface area contributed by atoms with Gasteiger partial charge in [-0.2, -0.15) is 18.4 Å². The molecule has 0 aromatic heterocycles. The van der Waals surface area contributed by atoms with Crippen molar-refractivity contribution in [2.45, 2.75) is 6.18 Å². The zero-order chi connectivity index (χ0) is 11.5. The third-order valence-electron chi connectivity index (χ3n) is 1.61. The number of alkyl halides is 3. The lowest BCUT2D eigenvalue weighted by Crippen LogP contribution is -2.08. The highest BCUT2D eigenvalue weighted by atomic mass is 19.4. The van der Waals surface area contributed by atoms with Gasteiger partial charge < -0.3 is 5.84 Å². The Labute approximate surface area is 82.8 Å². The quantitative estimate of drug-likeness (QED) is 0.443. The molecule has 0 atom stereocenters. The summed E-state index contributed by atoms with van der Waals surface area (Å²) in [6, 6.07) is 4.85. The van der Waals surface area contributed by atoms with Crippen LogP contribution in [0.2, 0.25) is 0 Å². The first-order valence-corrected chi connectivity index (χ1v) is 3.72. The number of hydrogen-bond donors (Lipinski definition) is 1. The molecule has 0 saturated heterocycles. The molecule has 0 radical (unpaired) electrons. The van der Waals surface area contributed by atoms with E-state index in [0.717, 1.165) is 12.1 Å². The van der Waals surface area contributed by atoms with E-state index < -0.39 is 23.0 Å². The van der Waals surface area contributed by atoms with Crippen LogP contribution in [0.15, 0.2) is 28.5 Å². The topological polar surface area (TPSA) is 74.5 Å². The van der Waals surface area contributed by atoms with Gasteiger partial charge in [-0.1, -0.05) is 11.3 Å². The zero-order valence-electron chi connectivity index (χ0n) is 7.28. The summed E-state index contributed by atoms with van der Waals surface area (Å²) in [5.74, 6) is 4.67. The van der Waals surface area contributed by atoms with Gasteiger partial charge in [0.1, 0.15) is 11.3 Å². The summed E-state index contributed by atoms with van der Waals surface area (Å²) in [5.41, 5.74) is -2.10. The van der Waals surface area contributed by atoms with Gasteiger partial charge in [-0.15, -0.1) is 5.11 Å². The Morgan fingerprint density at radius 3 is 2.47 bits per heavy atom. The van der Waals surface area contributed by atoms with Crippen LogP contribution < -0.4 is 5.84 Å². The molecular formula is C8H5F3N4. The molecule has 0 bridgehead atoms. The number of benzene rings is 1.